The third-order valence-electron chi connectivity index (χ3n) is 2.51. The van der Waals surface area contributed by atoms with Crippen LogP contribution in [0.1, 0.15) is 33.6 Å². The quantitative estimate of drug-likeness (QED) is 0.614. The van der Waals surface area contributed by atoms with Crippen LogP contribution in [0.2, 0.25) is 0 Å². The van der Waals surface area contributed by atoms with Crippen molar-refractivity contribution in [3.8, 4) is 0 Å². The zero-order valence-corrected chi connectivity index (χ0v) is 7.80. The van der Waals surface area contributed by atoms with Gasteiger partial charge in [-0.2, -0.15) is 0 Å². The lowest BCUT2D eigenvalue weighted by atomic mass is 10.0. The molecule has 0 aromatic carbocycles. The fourth-order valence-corrected chi connectivity index (χ4v) is 1.32. The van der Waals surface area contributed by atoms with Crippen molar-refractivity contribution in [2.24, 2.45) is 5.92 Å². The molecule has 1 rings (SSSR count). The smallest absolute Gasteiger partial charge is 0.0139 e. The maximum atomic E-state index is 3.62. The van der Waals surface area contributed by atoms with Gasteiger partial charge in [-0.15, -0.1) is 0 Å². The maximum Gasteiger partial charge on any atom is 0.0139 e. The molecule has 11 heavy (non-hydrogen) atoms. The monoisotopic (exact) mass is 153 g/mol. The lowest BCUT2D eigenvalue weighted by Crippen LogP contribution is -2.37. The van der Waals surface area contributed by atoms with Crippen LogP contribution in [0.4, 0.5) is 0 Å². The minimum atomic E-state index is 0.653. The summed E-state index contributed by atoms with van der Waals surface area (Å²) in [5.41, 5.74) is 0. The molecule has 0 bridgehead atoms. The highest BCUT2D eigenvalue weighted by Crippen LogP contribution is 2.11. The highest BCUT2D eigenvalue weighted by atomic mass is 14.9. The van der Waals surface area contributed by atoms with E-state index in [9.17, 15) is 0 Å². The van der Waals surface area contributed by atoms with E-state index in [-0.39, 0.29) is 0 Å². The van der Waals surface area contributed by atoms with Gasteiger partial charge in [0.1, 0.15) is 0 Å². The molecule has 0 heterocycles. The fraction of sp³-hybridized carbons (Fsp3) is 0.800. The number of rotatable bonds is 3. The van der Waals surface area contributed by atoms with E-state index in [2.05, 4.69) is 38.2 Å². The lowest BCUT2D eigenvalue weighted by Gasteiger charge is -2.22. The Kier molecular flexibility index (Phi) is 3.13. The summed E-state index contributed by atoms with van der Waals surface area (Å²) in [7, 11) is 0. The van der Waals surface area contributed by atoms with Crippen molar-refractivity contribution < 1.29 is 0 Å². The molecule has 0 amide bonds. The van der Waals surface area contributed by atoms with E-state index >= 15 is 0 Å². The molecule has 0 fully saturated rings. The Morgan fingerprint density at radius 3 is 2.18 bits per heavy atom. The molecular weight excluding hydrogens is 134 g/mol. The average molecular weight is 153 g/mol. The fourth-order valence-electron chi connectivity index (χ4n) is 1.32. The van der Waals surface area contributed by atoms with E-state index in [1.165, 1.54) is 12.8 Å². The summed E-state index contributed by atoms with van der Waals surface area (Å²) < 4.78 is 0. The van der Waals surface area contributed by atoms with Gasteiger partial charge in [0.25, 0.3) is 0 Å². The Labute approximate surface area is 69.9 Å². The van der Waals surface area contributed by atoms with Crippen molar-refractivity contribution in [1.29, 1.82) is 0 Å². The van der Waals surface area contributed by atoms with Gasteiger partial charge >= 0.3 is 0 Å². The second kappa shape index (κ2) is 3.91. The molecule has 1 unspecified atom stereocenters. The van der Waals surface area contributed by atoms with Crippen LogP contribution < -0.4 is 5.32 Å². The molecule has 1 aliphatic rings. The van der Waals surface area contributed by atoms with Gasteiger partial charge in [0.15, 0.2) is 0 Å². The van der Waals surface area contributed by atoms with E-state index in [0.717, 1.165) is 5.92 Å². The summed E-state index contributed by atoms with van der Waals surface area (Å²) >= 11 is 0. The second-order valence-electron chi connectivity index (χ2n) is 3.84. The van der Waals surface area contributed by atoms with Crippen LogP contribution in [0.15, 0.2) is 12.2 Å². The van der Waals surface area contributed by atoms with Gasteiger partial charge in [-0.1, -0.05) is 26.0 Å². The predicted octanol–water partition coefficient (Wildman–Crippen LogP) is 2.34. The zero-order chi connectivity index (χ0) is 8.27. The summed E-state index contributed by atoms with van der Waals surface area (Å²) in [5, 5.41) is 3.62. The number of hydrogen-bond acceptors (Lipinski definition) is 1. The van der Waals surface area contributed by atoms with Crippen molar-refractivity contribution >= 4 is 0 Å². The topological polar surface area (TPSA) is 12.0 Å². The molecule has 0 aromatic rings. The molecule has 0 spiro atoms. The summed E-state index contributed by atoms with van der Waals surface area (Å²) in [5.74, 6) is 0.746. The molecule has 1 atom stereocenters. The minimum Gasteiger partial charge on any atom is -0.311 e. The molecule has 0 saturated carbocycles. The van der Waals surface area contributed by atoms with E-state index in [1.807, 2.05) is 0 Å². The van der Waals surface area contributed by atoms with E-state index in [1.54, 1.807) is 0 Å². The van der Waals surface area contributed by atoms with Crippen molar-refractivity contribution in [3.63, 3.8) is 0 Å². The number of nitrogens with one attached hydrogen (secondary N) is 1. The third-order valence-corrected chi connectivity index (χ3v) is 2.51. The van der Waals surface area contributed by atoms with Crippen molar-refractivity contribution in [3.05, 3.63) is 12.2 Å². The summed E-state index contributed by atoms with van der Waals surface area (Å²) in [4.78, 5) is 0. The Balaban J connectivity index is 2.20. The van der Waals surface area contributed by atoms with Gasteiger partial charge < -0.3 is 5.32 Å². The second-order valence-corrected chi connectivity index (χ2v) is 3.84. The average Bonchev–Trinajstić information content (AvgIpc) is 2.39. The highest BCUT2D eigenvalue weighted by molar-refractivity contribution is 4.98. The molecule has 0 saturated heterocycles. The first kappa shape index (κ1) is 8.79. The van der Waals surface area contributed by atoms with Crippen molar-refractivity contribution in [1.82, 2.24) is 5.32 Å². The third kappa shape index (κ3) is 2.66. The van der Waals surface area contributed by atoms with Crippen LogP contribution in [0.5, 0.6) is 0 Å². The molecule has 0 aliphatic heterocycles. The molecule has 0 radical (unpaired) electrons. The van der Waals surface area contributed by atoms with E-state index < -0.39 is 0 Å². The van der Waals surface area contributed by atoms with Gasteiger partial charge in [-0.25, -0.2) is 0 Å². The van der Waals surface area contributed by atoms with Crippen molar-refractivity contribution in [2.75, 3.05) is 0 Å². The molecule has 1 N–H and O–H groups in total. The lowest BCUT2D eigenvalue weighted by molar-refractivity contribution is 0.379. The first-order valence-electron chi connectivity index (χ1n) is 4.61. The Hall–Kier alpha value is -0.300. The Bertz CT molecular complexity index is 130. The highest BCUT2D eigenvalue weighted by Gasteiger charge is 2.14. The van der Waals surface area contributed by atoms with Gasteiger partial charge in [0, 0.05) is 12.1 Å². The molecule has 64 valence electrons. The normalized spacial score (nSPS) is 21.5. The van der Waals surface area contributed by atoms with E-state index in [4.69, 9.17) is 0 Å². The van der Waals surface area contributed by atoms with Gasteiger partial charge in [-0.3, -0.25) is 0 Å². The molecule has 1 nitrogen and oxygen atoms in total. The van der Waals surface area contributed by atoms with Crippen molar-refractivity contribution in [2.45, 2.75) is 45.7 Å². The minimum absolute atomic E-state index is 0.653. The van der Waals surface area contributed by atoms with Crippen LogP contribution >= 0.6 is 0 Å². The predicted molar refractivity (Wildman–Crippen MR) is 49.6 cm³/mol. The summed E-state index contributed by atoms with van der Waals surface area (Å²) in [6.07, 6.45) is 6.98. The maximum absolute atomic E-state index is 3.62. The largest absolute Gasteiger partial charge is 0.311 e. The van der Waals surface area contributed by atoms with E-state index in [0.29, 0.717) is 12.1 Å². The standard InChI is InChI=1S/C10H19N/c1-8(2)9(3)11-10-6-4-5-7-10/h4-5,8-11H,6-7H2,1-3H3. The van der Waals surface area contributed by atoms with Crippen LogP contribution in [-0.4, -0.2) is 12.1 Å². The molecule has 0 aromatic heterocycles. The molecule has 1 heteroatoms. The molecule has 1 aliphatic carbocycles. The van der Waals surface area contributed by atoms with Gasteiger partial charge in [0.05, 0.1) is 0 Å². The van der Waals surface area contributed by atoms with Gasteiger partial charge in [0.2, 0.25) is 0 Å². The van der Waals surface area contributed by atoms with Crippen LogP contribution in [0, 0.1) is 5.92 Å². The number of hydrogen-bond donors (Lipinski definition) is 1. The van der Waals surface area contributed by atoms with Crippen LogP contribution in [0.3, 0.4) is 0 Å². The molecular formula is C10H19N. The van der Waals surface area contributed by atoms with Crippen LogP contribution in [-0.2, 0) is 0 Å². The Morgan fingerprint density at radius 2 is 1.73 bits per heavy atom. The SMILES string of the molecule is CC(C)C(C)NC1CC=CC1. The first-order valence-corrected chi connectivity index (χ1v) is 4.61. The van der Waals surface area contributed by atoms with Crippen LogP contribution in [0.25, 0.3) is 0 Å². The first-order chi connectivity index (χ1) is 5.20. The Morgan fingerprint density at radius 1 is 1.18 bits per heavy atom. The zero-order valence-electron chi connectivity index (χ0n) is 7.80. The van der Waals surface area contributed by atoms with Gasteiger partial charge in [-0.05, 0) is 25.7 Å². The summed E-state index contributed by atoms with van der Waals surface area (Å²) in [6, 6.07) is 1.37. The summed E-state index contributed by atoms with van der Waals surface area (Å²) in [6.45, 7) is 6.79.